The first-order valence-electron chi connectivity index (χ1n) is 17.5. The van der Waals surface area contributed by atoms with Crippen LogP contribution in [0, 0.1) is 0 Å². The van der Waals surface area contributed by atoms with Gasteiger partial charge in [0.05, 0.1) is 5.41 Å². The smallest absolute Gasteiger partial charge is 0.0720 e. The van der Waals surface area contributed by atoms with E-state index in [2.05, 4.69) is 176 Å². The van der Waals surface area contributed by atoms with E-state index >= 15 is 0 Å². The first kappa shape index (κ1) is 27.0. The van der Waals surface area contributed by atoms with Crippen molar-refractivity contribution in [2.75, 3.05) is 0 Å². The van der Waals surface area contributed by atoms with Crippen molar-refractivity contribution >= 4 is 27.1 Å². The molecule has 8 aromatic carbocycles. The first-order valence-corrected chi connectivity index (χ1v) is 17.5. The zero-order valence-electron chi connectivity index (χ0n) is 27.0. The Balaban J connectivity index is 1.25. The molecule has 0 nitrogen and oxygen atoms in total. The lowest BCUT2D eigenvalue weighted by molar-refractivity contribution is 0.775. The molecular weight excluding hydrogens is 589 g/mol. The Morgan fingerprint density at radius 3 is 1.80 bits per heavy atom. The molecule has 49 heavy (non-hydrogen) atoms. The van der Waals surface area contributed by atoms with Crippen LogP contribution in [-0.2, 0) is 5.41 Å². The third kappa shape index (κ3) is 3.48. The molecular formula is C49H32. The number of benzene rings is 8. The summed E-state index contributed by atoms with van der Waals surface area (Å²) in [7, 11) is 0. The van der Waals surface area contributed by atoms with E-state index in [1.54, 1.807) is 0 Å². The highest BCUT2D eigenvalue weighted by atomic mass is 14.5. The third-order valence-electron chi connectivity index (χ3n) is 11.7. The van der Waals surface area contributed by atoms with Gasteiger partial charge in [-0.2, -0.15) is 0 Å². The lowest BCUT2D eigenvalue weighted by atomic mass is 9.66. The molecule has 0 spiro atoms. The maximum atomic E-state index is 2.55. The number of hydrogen-bond acceptors (Lipinski definition) is 0. The molecule has 3 aliphatic carbocycles. The Morgan fingerprint density at radius 1 is 0.449 bits per heavy atom. The summed E-state index contributed by atoms with van der Waals surface area (Å²) in [6.45, 7) is 0. The van der Waals surface area contributed by atoms with Gasteiger partial charge in [0.2, 0.25) is 0 Å². The maximum absolute atomic E-state index is 2.55. The van der Waals surface area contributed by atoms with Gasteiger partial charge in [-0.25, -0.2) is 0 Å². The van der Waals surface area contributed by atoms with E-state index in [9.17, 15) is 0 Å². The van der Waals surface area contributed by atoms with Crippen LogP contribution >= 0.6 is 0 Å². The summed E-state index contributed by atoms with van der Waals surface area (Å²) in [6, 6.07) is 63.9. The van der Waals surface area contributed by atoms with Crippen molar-refractivity contribution in [1.29, 1.82) is 0 Å². The summed E-state index contributed by atoms with van der Waals surface area (Å²) in [6.07, 6.45) is 3.53. The van der Waals surface area contributed by atoms with Crippen LogP contribution in [0.5, 0.6) is 0 Å². The van der Waals surface area contributed by atoms with Crippen LogP contribution in [0.1, 0.15) is 56.8 Å². The first-order chi connectivity index (χ1) is 24.3. The standard InChI is InChI=1S/C49H32/c1-3-14-32(15-4-1)49(33-16-5-2-6-17-33)45-30-31(34-28-29-42-36-19-8-7-18-35(36)40-25-13-24-39(34)46(40)42)26-27-44(45)47-41-22-11-9-20-37(41)38-21-10-12-23-43(38)48(47)49/h1-28,30,42H,29H2. The zero-order valence-corrected chi connectivity index (χ0v) is 27.0. The van der Waals surface area contributed by atoms with Gasteiger partial charge in [-0.15, -0.1) is 0 Å². The summed E-state index contributed by atoms with van der Waals surface area (Å²) in [4.78, 5) is 0. The Bertz CT molecular complexity index is 2640. The van der Waals surface area contributed by atoms with Crippen LogP contribution in [0.4, 0.5) is 0 Å². The van der Waals surface area contributed by atoms with Crippen LogP contribution in [0.2, 0.25) is 0 Å². The predicted octanol–water partition coefficient (Wildman–Crippen LogP) is 12.3. The maximum Gasteiger partial charge on any atom is 0.0720 e. The van der Waals surface area contributed by atoms with Gasteiger partial charge in [-0.3, -0.25) is 0 Å². The van der Waals surface area contributed by atoms with Crippen molar-refractivity contribution < 1.29 is 0 Å². The fourth-order valence-electron chi connectivity index (χ4n) is 9.80. The average Bonchev–Trinajstić information content (AvgIpc) is 3.68. The van der Waals surface area contributed by atoms with Crippen LogP contribution in [0.15, 0.2) is 176 Å². The van der Waals surface area contributed by atoms with E-state index in [0.29, 0.717) is 5.92 Å². The molecule has 0 N–H and O–H groups in total. The summed E-state index contributed by atoms with van der Waals surface area (Å²) in [5.41, 5.74) is 17.3. The van der Waals surface area contributed by atoms with Crippen molar-refractivity contribution in [3.8, 4) is 22.3 Å². The van der Waals surface area contributed by atoms with Gasteiger partial charge in [-0.1, -0.05) is 170 Å². The predicted molar refractivity (Wildman–Crippen MR) is 204 cm³/mol. The van der Waals surface area contributed by atoms with Crippen LogP contribution < -0.4 is 0 Å². The number of allylic oxidation sites excluding steroid dienone is 1. The van der Waals surface area contributed by atoms with E-state index in [0.717, 1.165) is 6.42 Å². The topological polar surface area (TPSA) is 0 Å². The number of hydrogen-bond donors (Lipinski definition) is 0. The molecule has 3 aliphatic rings. The molecule has 228 valence electrons. The number of rotatable bonds is 3. The SMILES string of the molecule is C1=C(c2ccc3c(c2)C(c2ccccc2)(c2ccccc2)c2c-3c3ccccc3c3ccccc23)c2cccc3c2C(C1)c1ccccc1-3. The van der Waals surface area contributed by atoms with Crippen molar-refractivity contribution in [1.82, 2.24) is 0 Å². The van der Waals surface area contributed by atoms with Crippen LogP contribution in [0.3, 0.4) is 0 Å². The quantitative estimate of drug-likeness (QED) is 0.172. The van der Waals surface area contributed by atoms with E-state index in [-0.39, 0.29) is 0 Å². The lowest BCUT2D eigenvalue weighted by Gasteiger charge is -2.35. The Labute approximate surface area is 286 Å². The second-order valence-electron chi connectivity index (χ2n) is 13.8. The number of fused-ring (bicyclic) bond motifs is 11. The minimum absolute atomic E-state index is 0.426. The molecule has 8 aromatic rings. The molecule has 1 atom stereocenters. The summed E-state index contributed by atoms with van der Waals surface area (Å²) in [5, 5.41) is 5.25. The van der Waals surface area contributed by atoms with Gasteiger partial charge < -0.3 is 0 Å². The van der Waals surface area contributed by atoms with Crippen LogP contribution in [-0.4, -0.2) is 0 Å². The normalized spacial score (nSPS) is 16.2. The Kier molecular flexibility index (Phi) is 5.52. The second-order valence-corrected chi connectivity index (χ2v) is 13.8. The van der Waals surface area contributed by atoms with E-state index in [1.807, 2.05) is 0 Å². The highest BCUT2D eigenvalue weighted by Crippen LogP contribution is 2.61. The fraction of sp³-hybridized carbons (Fsp3) is 0.0612. The monoisotopic (exact) mass is 620 g/mol. The molecule has 0 heteroatoms. The Hall–Kier alpha value is -5.98. The van der Waals surface area contributed by atoms with Gasteiger partial charge >= 0.3 is 0 Å². The fourth-order valence-corrected chi connectivity index (χ4v) is 9.80. The van der Waals surface area contributed by atoms with E-state index in [4.69, 9.17) is 0 Å². The Morgan fingerprint density at radius 2 is 1.04 bits per heavy atom. The highest BCUT2D eigenvalue weighted by Gasteiger charge is 2.48. The largest absolute Gasteiger partial charge is 0.0751 e. The van der Waals surface area contributed by atoms with Gasteiger partial charge in [0.15, 0.2) is 0 Å². The second kappa shape index (κ2) is 10.0. The third-order valence-corrected chi connectivity index (χ3v) is 11.7. The molecule has 1 unspecified atom stereocenters. The van der Waals surface area contributed by atoms with Crippen molar-refractivity contribution in [3.05, 3.63) is 220 Å². The minimum atomic E-state index is -0.501. The molecule has 0 bridgehead atoms. The molecule has 0 saturated carbocycles. The van der Waals surface area contributed by atoms with Crippen molar-refractivity contribution in [2.45, 2.75) is 17.8 Å². The lowest BCUT2D eigenvalue weighted by Crippen LogP contribution is -2.29. The molecule has 0 radical (unpaired) electrons. The molecule has 0 saturated heterocycles. The van der Waals surface area contributed by atoms with E-state index in [1.165, 1.54) is 93.9 Å². The highest BCUT2D eigenvalue weighted by molar-refractivity contribution is 6.19. The van der Waals surface area contributed by atoms with Crippen molar-refractivity contribution in [2.24, 2.45) is 0 Å². The minimum Gasteiger partial charge on any atom is -0.0751 e. The van der Waals surface area contributed by atoms with Gasteiger partial charge in [0, 0.05) is 5.92 Å². The molecule has 11 rings (SSSR count). The van der Waals surface area contributed by atoms with E-state index < -0.39 is 5.41 Å². The molecule has 0 aromatic heterocycles. The summed E-state index contributed by atoms with van der Waals surface area (Å²) < 4.78 is 0. The van der Waals surface area contributed by atoms with Crippen LogP contribution in [0.25, 0.3) is 49.4 Å². The summed E-state index contributed by atoms with van der Waals surface area (Å²) in [5.74, 6) is 0.426. The van der Waals surface area contributed by atoms with Gasteiger partial charge in [0.1, 0.15) is 0 Å². The molecule has 0 fully saturated rings. The summed E-state index contributed by atoms with van der Waals surface area (Å²) >= 11 is 0. The van der Waals surface area contributed by atoms with Gasteiger partial charge in [-0.05, 0) is 106 Å². The average molecular weight is 621 g/mol. The molecule has 0 amide bonds. The molecule has 0 heterocycles. The zero-order chi connectivity index (χ0) is 32.1. The molecule has 0 aliphatic heterocycles. The van der Waals surface area contributed by atoms with Crippen molar-refractivity contribution in [3.63, 3.8) is 0 Å². The van der Waals surface area contributed by atoms with Gasteiger partial charge in [0.25, 0.3) is 0 Å².